The normalized spacial score (nSPS) is 14.1. The maximum absolute atomic E-state index is 13.0. The molecule has 0 N–H and O–H groups in total. The topological polar surface area (TPSA) is 74.2 Å². The number of esters is 2. The molecule has 0 amide bonds. The first kappa shape index (κ1) is 28.2. The number of aliphatic imine (C=N–C) groups is 1. The molecule has 0 spiro atoms. The molecule has 1 aliphatic heterocycles. The van der Waals surface area contributed by atoms with Gasteiger partial charge < -0.3 is 14.2 Å². The summed E-state index contributed by atoms with van der Waals surface area (Å²) < 4.78 is 19.5. The molecule has 2 aromatic heterocycles. The highest BCUT2D eigenvalue weighted by molar-refractivity contribution is 9.10. The number of cyclic esters (lactones) is 1. The Morgan fingerprint density at radius 2 is 1.73 bits per heavy atom. The van der Waals surface area contributed by atoms with Gasteiger partial charge in [-0.2, -0.15) is 0 Å². The average molecular weight is 708 g/mol. The number of nitrogens with zero attached hydrogens (tertiary/aromatic N) is 1. The zero-order valence-corrected chi connectivity index (χ0v) is 26.3. The van der Waals surface area contributed by atoms with Gasteiger partial charge >= 0.3 is 11.9 Å². The van der Waals surface area contributed by atoms with Crippen molar-refractivity contribution in [2.24, 2.45) is 4.99 Å². The van der Waals surface area contributed by atoms with Gasteiger partial charge in [0, 0.05) is 29.7 Å². The van der Waals surface area contributed by atoms with Crippen LogP contribution >= 0.6 is 73.4 Å². The van der Waals surface area contributed by atoms with Crippen molar-refractivity contribution in [3.63, 3.8) is 0 Å². The van der Waals surface area contributed by atoms with Crippen LogP contribution in [0.3, 0.4) is 0 Å². The molecule has 12 heteroatoms. The molecule has 0 bridgehead atoms. The summed E-state index contributed by atoms with van der Waals surface area (Å²) in [6, 6.07) is 15.8. The molecule has 5 aromatic rings. The maximum Gasteiger partial charge on any atom is 0.363 e. The first-order chi connectivity index (χ1) is 19.7. The highest BCUT2D eigenvalue weighted by Gasteiger charge is 2.28. The number of hydrogen-bond acceptors (Lipinski definition) is 8. The van der Waals surface area contributed by atoms with E-state index in [1.807, 2.05) is 25.1 Å². The Morgan fingerprint density at radius 3 is 2.54 bits per heavy atom. The third-order valence-electron chi connectivity index (χ3n) is 5.96. The Bertz CT molecular complexity index is 1960. The third-order valence-corrected chi connectivity index (χ3v) is 9.97. The van der Waals surface area contributed by atoms with Crippen molar-refractivity contribution in [2.45, 2.75) is 6.92 Å². The lowest BCUT2D eigenvalue weighted by Gasteiger charge is -2.11. The van der Waals surface area contributed by atoms with Crippen LogP contribution in [0.15, 0.2) is 69.8 Å². The monoisotopic (exact) mass is 705 g/mol. The number of ether oxygens (including phenoxy) is 3. The van der Waals surface area contributed by atoms with Crippen LogP contribution in [0.2, 0.25) is 15.1 Å². The molecule has 3 aromatic carbocycles. The number of carbonyl (C=O) groups is 2. The molecule has 0 saturated heterocycles. The van der Waals surface area contributed by atoms with Gasteiger partial charge in [-0.25, -0.2) is 14.6 Å². The maximum atomic E-state index is 13.0. The number of halogens is 4. The quantitative estimate of drug-likeness (QED) is 0.0998. The van der Waals surface area contributed by atoms with E-state index in [9.17, 15) is 9.59 Å². The zero-order chi connectivity index (χ0) is 28.8. The van der Waals surface area contributed by atoms with Crippen molar-refractivity contribution in [2.75, 3.05) is 6.61 Å². The molecule has 0 aliphatic carbocycles. The largest absolute Gasteiger partial charge is 0.490 e. The smallest absolute Gasteiger partial charge is 0.363 e. The van der Waals surface area contributed by atoms with E-state index in [1.54, 1.807) is 42.5 Å². The molecular formula is C29H15BrCl3NO5S2. The first-order valence-electron chi connectivity index (χ1n) is 12.0. The van der Waals surface area contributed by atoms with Crippen molar-refractivity contribution in [3.8, 4) is 11.5 Å². The SMILES string of the molecule is CCOc1cc(/C=C2/N=C(c3sc4cc(Br)ccc4c3Cl)OC2=O)ccc1OC(=O)c1sc2cc(Cl)ccc2c1Cl. The summed E-state index contributed by atoms with van der Waals surface area (Å²) >= 11 is 25.1. The molecule has 206 valence electrons. The van der Waals surface area contributed by atoms with Gasteiger partial charge in [0.15, 0.2) is 17.2 Å². The minimum absolute atomic E-state index is 0.0950. The standard InChI is InChI=1S/C29H15BrCl3NO5S2/c1-2-37-20-10-13(3-8-19(20)38-29(36)26-24(33)17-7-5-15(31)12-22(17)41-26)9-18-28(35)39-27(34-18)25-23(32)16-6-4-14(30)11-21(16)40-25/h3-12H,2H2,1H3/b18-9+. The zero-order valence-electron chi connectivity index (χ0n) is 20.8. The van der Waals surface area contributed by atoms with Crippen molar-refractivity contribution in [1.82, 2.24) is 0 Å². The van der Waals surface area contributed by atoms with Crippen LogP contribution in [-0.4, -0.2) is 24.4 Å². The molecule has 0 atom stereocenters. The van der Waals surface area contributed by atoms with E-state index in [0.717, 1.165) is 19.3 Å². The van der Waals surface area contributed by atoms with Gasteiger partial charge in [0.1, 0.15) is 9.75 Å². The fraction of sp³-hybridized carbons (Fsp3) is 0.0690. The summed E-state index contributed by atoms with van der Waals surface area (Å²) in [5.41, 5.74) is 0.684. The van der Waals surface area contributed by atoms with Crippen LogP contribution in [0.4, 0.5) is 0 Å². The number of rotatable bonds is 6. The molecule has 6 nitrogen and oxygen atoms in total. The summed E-state index contributed by atoms with van der Waals surface area (Å²) in [6.07, 6.45) is 1.56. The highest BCUT2D eigenvalue weighted by atomic mass is 79.9. The minimum atomic E-state index is -0.625. The summed E-state index contributed by atoms with van der Waals surface area (Å²) in [5, 5.41) is 2.87. The minimum Gasteiger partial charge on any atom is -0.490 e. The van der Waals surface area contributed by atoms with Gasteiger partial charge in [-0.15, -0.1) is 22.7 Å². The summed E-state index contributed by atoms with van der Waals surface area (Å²) in [4.78, 5) is 30.9. The Hall–Kier alpha value is -2.92. The van der Waals surface area contributed by atoms with E-state index in [1.165, 1.54) is 22.7 Å². The lowest BCUT2D eigenvalue weighted by Crippen LogP contribution is -2.08. The van der Waals surface area contributed by atoms with E-state index in [-0.39, 0.29) is 22.2 Å². The van der Waals surface area contributed by atoms with Crippen LogP contribution in [0.1, 0.15) is 27.0 Å². The van der Waals surface area contributed by atoms with E-state index in [0.29, 0.717) is 43.3 Å². The van der Waals surface area contributed by atoms with Crippen LogP contribution in [0.25, 0.3) is 26.2 Å². The molecule has 0 fully saturated rings. The van der Waals surface area contributed by atoms with Crippen molar-refractivity contribution < 1.29 is 23.8 Å². The molecule has 0 saturated carbocycles. The Labute approximate surface area is 264 Å². The van der Waals surface area contributed by atoms with E-state index in [4.69, 9.17) is 49.0 Å². The first-order valence-corrected chi connectivity index (χ1v) is 15.5. The predicted octanol–water partition coefficient (Wildman–Crippen LogP) is 9.80. The van der Waals surface area contributed by atoms with E-state index < -0.39 is 11.9 Å². The van der Waals surface area contributed by atoms with Gasteiger partial charge in [-0.05, 0) is 55.0 Å². The van der Waals surface area contributed by atoms with Crippen molar-refractivity contribution in [1.29, 1.82) is 0 Å². The van der Waals surface area contributed by atoms with Gasteiger partial charge in [-0.3, -0.25) is 0 Å². The highest BCUT2D eigenvalue weighted by Crippen LogP contribution is 2.40. The molecule has 41 heavy (non-hydrogen) atoms. The van der Waals surface area contributed by atoms with Gasteiger partial charge in [0.25, 0.3) is 0 Å². The second kappa shape index (κ2) is 11.4. The Kier molecular flexibility index (Phi) is 7.84. The predicted molar refractivity (Wildman–Crippen MR) is 170 cm³/mol. The second-order valence-corrected chi connectivity index (χ2v) is 12.8. The van der Waals surface area contributed by atoms with Crippen LogP contribution in [0.5, 0.6) is 11.5 Å². The van der Waals surface area contributed by atoms with Crippen LogP contribution in [-0.2, 0) is 9.53 Å². The second-order valence-electron chi connectivity index (χ2n) is 8.64. The lowest BCUT2D eigenvalue weighted by molar-refractivity contribution is -0.129. The third kappa shape index (κ3) is 5.50. The molecule has 3 heterocycles. The van der Waals surface area contributed by atoms with Crippen LogP contribution in [0, 0.1) is 0 Å². The van der Waals surface area contributed by atoms with Gasteiger partial charge in [0.05, 0.1) is 16.7 Å². The van der Waals surface area contributed by atoms with Crippen molar-refractivity contribution in [3.05, 3.63) is 95.2 Å². The molecule has 0 unspecified atom stereocenters. The fourth-order valence-corrected chi connectivity index (χ4v) is 7.78. The molecule has 1 aliphatic rings. The van der Waals surface area contributed by atoms with E-state index in [2.05, 4.69) is 20.9 Å². The molecule has 6 rings (SSSR count). The van der Waals surface area contributed by atoms with Crippen molar-refractivity contribution >= 4 is 117 Å². The number of thiophene rings is 2. The number of carbonyl (C=O) groups excluding carboxylic acids is 2. The van der Waals surface area contributed by atoms with Crippen LogP contribution < -0.4 is 9.47 Å². The summed E-state index contributed by atoms with van der Waals surface area (Å²) in [7, 11) is 0. The number of hydrogen-bond donors (Lipinski definition) is 0. The Balaban J connectivity index is 1.29. The molecular weight excluding hydrogens is 693 g/mol. The molecule has 0 radical (unpaired) electrons. The summed E-state index contributed by atoms with van der Waals surface area (Å²) in [6.45, 7) is 2.12. The van der Waals surface area contributed by atoms with Gasteiger partial charge in [-0.1, -0.05) is 68.9 Å². The van der Waals surface area contributed by atoms with Gasteiger partial charge in [0.2, 0.25) is 5.90 Å². The van der Waals surface area contributed by atoms with E-state index >= 15 is 0 Å². The lowest BCUT2D eigenvalue weighted by atomic mass is 10.1. The fourth-order valence-electron chi connectivity index (χ4n) is 4.12. The Morgan fingerprint density at radius 1 is 0.976 bits per heavy atom. The number of benzene rings is 3. The summed E-state index contributed by atoms with van der Waals surface area (Å²) in [5.74, 6) is -0.584. The number of fused-ring (bicyclic) bond motifs is 2. The average Bonchev–Trinajstić information content (AvgIpc) is 3.57.